The van der Waals surface area contributed by atoms with E-state index in [0.717, 1.165) is 10.9 Å². The minimum absolute atomic E-state index is 0.203. The van der Waals surface area contributed by atoms with Gasteiger partial charge in [0, 0.05) is 19.3 Å². The lowest BCUT2D eigenvalue weighted by Gasteiger charge is -2.04. The van der Waals surface area contributed by atoms with Crippen LogP contribution in [0.5, 0.6) is 0 Å². The summed E-state index contributed by atoms with van der Waals surface area (Å²) in [6, 6.07) is 3.16. The van der Waals surface area contributed by atoms with Crippen molar-refractivity contribution in [2.75, 3.05) is 5.32 Å². The van der Waals surface area contributed by atoms with E-state index in [4.69, 9.17) is 0 Å². The van der Waals surface area contributed by atoms with E-state index < -0.39 is 23.7 Å². The number of hydrogen-bond acceptors (Lipinski definition) is 3. The normalized spacial score (nSPS) is 11.4. The Hall–Kier alpha value is -2.45. The molecule has 0 radical (unpaired) electrons. The van der Waals surface area contributed by atoms with E-state index in [1.54, 1.807) is 0 Å². The molecule has 0 aliphatic rings. The minimum Gasteiger partial charge on any atom is -0.307 e. The number of anilines is 1. The van der Waals surface area contributed by atoms with Gasteiger partial charge in [-0.2, -0.15) is 22.7 Å². The standard InChI is InChI=1S/C11H8F4N4O/c1-19-8(5-7(18-19)11(13,14)15)17-10(20)6-3-2-4-16-9(6)12/h2-5H,1H3,(H,17,20). The van der Waals surface area contributed by atoms with Gasteiger partial charge in [0.05, 0.1) is 5.56 Å². The number of hydrogen-bond donors (Lipinski definition) is 1. The number of aromatic nitrogens is 3. The van der Waals surface area contributed by atoms with Crippen molar-refractivity contribution in [2.45, 2.75) is 6.18 Å². The summed E-state index contributed by atoms with van der Waals surface area (Å²) >= 11 is 0. The first-order valence-corrected chi connectivity index (χ1v) is 5.32. The molecule has 2 rings (SSSR count). The van der Waals surface area contributed by atoms with Crippen molar-refractivity contribution in [2.24, 2.45) is 7.05 Å². The third kappa shape index (κ3) is 2.76. The van der Waals surface area contributed by atoms with Crippen LogP contribution in [0.3, 0.4) is 0 Å². The summed E-state index contributed by atoms with van der Waals surface area (Å²) in [5, 5.41) is 5.36. The monoisotopic (exact) mass is 288 g/mol. The highest BCUT2D eigenvalue weighted by atomic mass is 19.4. The number of pyridine rings is 1. The van der Waals surface area contributed by atoms with Gasteiger partial charge in [-0.25, -0.2) is 4.98 Å². The fraction of sp³-hybridized carbons (Fsp3) is 0.182. The van der Waals surface area contributed by atoms with Crippen LogP contribution in [0.4, 0.5) is 23.4 Å². The summed E-state index contributed by atoms with van der Waals surface area (Å²) in [4.78, 5) is 15.0. The lowest BCUT2D eigenvalue weighted by Crippen LogP contribution is -2.16. The first-order chi connectivity index (χ1) is 9.29. The van der Waals surface area contributed by atoms with Crippen LogP contribution < -0.4 is 5.32 Å². The first kappa shape index (κ1) is 14.0. The van der Waals surface area contributed by atoms with E-state index in [1.165, 1.54) is 19.2 Å². The van der Waals surface area contributed by atoms with Crippen LogP contribution in [-0.2, 0) is 13.2 Å². The van der Waals surface area contributed by atoms with Crippen LogP contribution >= 0.6 is 0 Å². The topological polar surface area (TPSA) is 59.8 Å². The van der Waals surface area contributed by atoms with Crippen molar-refractivity contribution in [3.05, 3.63) is 41.6 Å². The quantitative estimate of drug-likeness (QED) is 0.681. The molecule has 9 heteroatoms. The van der Waals surface area contributed by atoms with Gasteiger partial charge in [0.15, 0.2) is 5.69 Å². The van der Waals surface area contributed by atoms with Crippen LogP contribution in [0.1, 0.15) is 16.1 Å². The Kier molecular flexibility index (Phi) is 3.43. The number of carbonyl (C=O) groups is 1. The Balaban J connectivity index is 2.25. The molecular formula is C11H8F4N4O. The molecule has 0 fully saturated rings. The molecule has 0 atom stereocenters. The molecule has 0 spiro atoms. The molecule has 0 saturated heterocycles. The summed E-state index contributed by atoms with van der Waals surface area (Å²) in [6.45, 7) is 0. The third-order valence-electron chi connectivity index (χ3n) is 2.42. The number of alkyl halides is 3. The van der Waals surface area contributed by atoms with Crippen molar-refractivity contribution < 1.29 is 22.4 Å². The zero-order valence-electron chi connectivity index (χ0n) is 10.1. The molecule has 0 aliphatic carbocycles. The van der Waals surface area contributed by atoms with Crippen LogP contribution in [0, 0.1) is 5.95 Å². The number of aryl methyl sites for hydroxylation is 1. The molecule has 0 aliphatic heterocycles. The van der Waals surface area contributed by atoms with Crippen molar-refractivity contribution in [1.82, 2.24) is 14.8 Å². The zero-order valence-corrected chi connectivity index (χ0v) is 10.1. The van der Waals surface area contributed by atoms with Crippen LogP contribution in [0.25, 0.3) is 0 Å². The van der Waals surface area contributed by atoms with E-state index in [-0.39, 0.29) is 11.4 Å². The Bertz CT molecular complexity index is 650. The predicted molar refractivity (Wildman–Crippen MR) is 60.4 cm³/mol. The van der Waals surface area contributed by atoms with E-state index in [2.05, 4.69) is 15.4 Å². The predicted octanol–water partition coefficient (Wildman–Crippen LogP) is 2.23. The Morgan fingerprint density at radius 3 is 2.65 bits per heavy atom. The second kappa shape index (κ2) is 4.91. The average Bonchev–Trinajstić information content (AvgIpc) is 2.71. The number of nitrogens with one attached hydrogen (secondary N) is 1. The highest BCUT2D eigenvalue weighted by Gasteiger charge is 2.34. The zero-order chi connectivity index (χ0) is 14.9. The minimum atomic E-state index is -4.62. The molecular weight excluding hydrogens is 280 g/mol. The van der Waals surface area contributed by atoms with E-state index in [0.29, 0.717) is 6.07 Å². The number of nitrogens with zero attached hydrogens (tertiary/aromatic N) is 3. The van der Waals surface area contributed by atoms with Gasteiger partial charge < -0.3 is 5.32 Å². The van der Waals surface area contributed by atoms with E-state index in [9.17, 15) is 22.4 Å². The average molecular weight is 288 g/mol. The van der Waals surface area contributed by atoms with Gasteiger partial charge >= 0.3 is 6.18 Å². The lowest BCUT2D eigenvalue weighted by atomic mass is 10.2. The Labute approximate surface area is 110 Å². The maximum atomic E-state index is 13.3. The molecule has 2 aromatic heterocycles. The second-order valence-electron chi connectivity index (χ2n) is 3.83. The summed E-state index contributed by atoms with van der Waals surface area (Å²) in [5.74, 6) is -2.12. The number of rotatable bonds is 2. The molecule has 1 amide bonds. The van der Waals surface area contributed by atoms with Crippen LogP contribution in [0.15, 0.2) is 24.4 Å². The summed E-state index contributed by atoms with van der Waals surface area (Å²) < 4.78 is 51.4. The van der Waals surface area contributed by atoms with Crippen LogP contribution in [-0.4, -0.2) is 20.7 Å². The lowest BCUT2D eigenvalue weighted by molar-refractivity contribution is -0.141. The maximum absolute atomic E-state index is 13.3. The van der Waals surface area contributed by atoms with Gasteiger partial charge in [-0.1, -0.05) is 0 Å². The molecule has 106 valence electrons. The molecule has 0 bridgehead atoms. The molecule has 5 nitrogen and oxygen atoms in total. The molecule has 20 heavy (non-hydrogen) atoms. The van der Waals surface area contributed by atoms with Crippen molar-refractivity contribution in [3.8, 4) is 0 Å². The Morgan fingerprint density at radius 2 is 2.10 bits per heavy atom. The van der Waals surface area contributed by atoms with Gasteiger partial charge in [0.25, 0.3) is 5.91 Å². The first-order valence-electron chi connectivity index (χ1n) is 5.32. The van der Waals surface area contributed by atoms with Crippen molar-refractivity contribution >= 4 is 11.7 Å². The SMILES string of the molecule is Cn1nc(C(F)(F)F)cc1NC(=O)c1cccnc1F. The smallest absolute Gasteiger partial charge is 0.307 e. The second-order valence-corrected chi connectivity index (χ2v) is 3.83. The molecule has 0 unspecified atom stereocenters. The van der Waals surface area contributed by atoms with Gasteiger partial charge in [-0.15, -0.1) is 0 Å². The number of amides is 1. The molecule has 2 heterocycles. The highest BCUT2D eigenvalue weighted by molar-refractivity contribution is 6.03. The van der Waals surface area contributed by atoms with Crippen LogP contribution in [0.2, 0.25) is 0 Å². The van der Waals surface area contributed by atoms with Crippen molar-refractivity contribution in [3.63, 3.8) is 0 Å². The molecule has 2 aromatic rings. The van der Waals surface area contributed by atoms with Crippen molar-refractivity contribution in [1.29, 1.82) is 0 Å². The van der Waals surface area contributed by atoms with Gasteiger partial charge in [-0.05, 0) is 12.1 Å². The molecule has 0 aromatic carbocycles. The van der Waals surface area contributed by atoms with E-state index in [1.807, 2.05) is 0 Å². The number of carbonyl (C=O) groups excluding carboxylic acids is 1. The van der Waals surface area contributed by atoms with E-state index >= 15 is 0 Å². The highest BCUT2D eigenvalue weighted by Crippen LogP contribution is 2.29. The van der Waals surface area contributed by atoms with Gasteiger partial charge in [0.1, 0.15) is 5.82 Å². The summed E-state index contributed by atoms with van der Waals surface area (Å²) in [6.07, 6.45) is -3.47. The molecule has 1 N–H and O–H groups in total. The Morgan fingerprint density at radius 1 is 1.40 bits per heavy atom. The third-order valence-corrected chi connectivity index (χ3v) is 2.42. The largest absolute Gasteiger partial charge is 0.435 e. The summed E-state index contributed by atoms with van der Waals surface area (Å²) in [7, 11) is 1.23. The fourth-order valence-corrected chi connectivity index (χ4v) is 1.46. The maximum Gasteiger partial charge on any atom is 0.435 e. The molecule has 0 saturated carbocycles. The van der Waals surface area contributed by atoms with Gasteiger partial charge in [-0.3, -0.25) is 9.48 Å². The number of halogens is 4. The van der Waals surface area contributed by atoms with Gasteiger partial charge in [0.2, 0.25) is 5.95 Å². The fourth-order valence-electron chi connectivity index (χ4n) is 1.46. The summed E-state index contributed by atoms with van der Waals surface area (Å²) in [5.41, 5.74) is -1.52.